The van der Waals surface area contributed by atoms with Gasteiger partial charge in [0.05, 0.1) is 5.69 Å². The second kappa shape index (κ2) is 4.61. The van der Waals surface area contributed by atoms with Gasteiger partial charge >= 0.3 is 0 Å². The number of hydrogen-bond acceptors (Lipinski definition) is 3. The summed E-state index contributed by atoms with van der Waals surface area (Å²) in [5.74, 6) is 1.54. The Morgan fingerprint density at radius 2 is 2.33 bits per heavy atom. The molecule has 18 heavy (non-hydrogen) atoms. The van der Waals surface area contributed by atoms with Crippen LogP contribution in [0.4, 0.5) is 5.69 Å². The maximum Gasteiger partial charge on any atom is 0.262 e. The zero-order chi connectivity index (χ0) is 12.5. The second-order valence-electron chi connectivity index (χ2n) is 5.17. The normalized spacial score (nSPS) is 19.7. The van der Waals surface area contributed by atoms with Crippen LogP contribution in [0, 0.1) is 5.92 Å². The van der Waals surface area contributed by atoms with Gasteiger partial charge in [0, 0.05) is 6.04 Å². The van der Waals surface area contributed by atoms with Gasteiger partial charge in [-0.3, -0.25) is 4.79 Å². The van der Waals surface area contributed by atoms with E-state index in [9.17, 15) is 4.79 Å². The molecule has 0 saturated heterocycles. The Morgan fingerprint density at radius 3 is 3.11 bits per heavy atom. The number of hydrogen-bond donors (Lipinski definition) is 2. The van der Waals surface area contributed by atoms with Crippen LogP contribution in [0.15, 0.2) is 18.2 Å². The van der Waals surface area contributed by atoms with Crippen molar-refractivity contribution in [3.63, 3.8) is 0 Å². The number of nitrogens with one attached hydrogen (secondary N) is 2. The Bertz CT molecular complexity index is 469. The van der Waals surface area contributed by atoms with Gasteiger partial charge in [-0.1, -0.05) is 6.07 Å². The van der Waals surface area contributed by atoms with Crippen LogP contribution in [0.3, 0.4) is 0 Å². The lowest BCUT2D eigenvalue weighted by molar-refractivity contribution is -0.118. The Morgan fingerprint density at radius 1 is 1.50 bits per heavy atom. The van der Waals surface area contributed by atoms with Gasteiger partial charge in [-0.15, -0.1) is 0 Å². The molecule has 1 aromatic carbocycles. The van der Waals surface area contributed by atoms with E-state index in [4.69, 9.17) is 4.74 Å². The van der Waals surface area contributed by atoms with E-state index in [-0.39, 0.29) is 12.5 Å². The molecule has 4 nitrogen and oxygen atoms in total. The summed E-state index contributed by atoms with van der Waals surface area (Å²) in [5, 5.41) is 6.37. The maximum absolute atomic E-state index is 11.3. The van der Waals surface area contributed by atoms with Crippen LogP contribution in [0.1, 0.15) is 31.4 Å². The highest BCUT2D eigenvalue weighted by Crippen LogP contribution is 2.31. The summed E-state index contributed by atoms with van der Waals surface area (Å²) in [6.45, 7) is 3.35. The molecule has 0 aromatic heterocycles. The van der Waals surface area contributed by atoms with Gasteiger partial charge in [0.25, 0.3) is 5.91 Å². The summed E-state index contributed by atoms with van der Waals surface area (Å²) >= 11 is 0. The second-order valence-corrected chi connectivity index (χ2v) is 5.17. The summed E-state index contributed by atoms with van der Waals surface area (Å²) in [7, 11) is 0. The predicted molar refractivity (Wildman–Crippen MR) is 69.7 cm³/mol. The summed E-state index contributed by atoms with van der Waals surface area (Å²) in [6.07, 6.45) is 2.71. The van der Waals surface area contributed by atoms with Crippen molar-refractivity contribution in [1.29, 1.82) is 0 Å². The fraction of sp³-hybridized carbons (Fsp3) is 0.500. The first-order chi connectivity index (χ1) is 8.72. The molecule has 96 valence electrons. The summed E-state index contributed by atoms with van der Waals surface area (Å²) in [5.41, 5.74) is 1.96. The molecular formula is C14H18N2O2. The molecule has 2 aliphatic rings. The molecule has 1 amide bonds. The minimum Gasteiger partial charge on any atom is -0.482 e. The van der Waals surface area contributed by atoms with E-state index in [2.05, 4.69) is 23.6 Å². The van der Waals surface area contributed by atoms with Gasteiger partial charge in [-0.2, -0.15) is 0 Å². The van der Waals surface area contributed by atoms with Gasteiger partial charge in [0.2, 0.25) is 0 Å². The molecule has 1 atom stereocenters. The first-order valence-electron chi connectivity index (χ1n) is 6.52. The van der Waals surface area contributed by atoms with Crippen molar-refractivity contribution in [2.75, 3.05) is 18.5 Å². The third-order valence-electron chi connectivity index (χ3n) is 3.55. The Labute approximate surface area is 107 Å². The third kappa shape index (κ3) is 2.48. The molecule has 0 spiro atoms. The number of amides is 1. The molecule has 1 aliphatic heterocycles. The molecule has 4 heteroatoms. The highest BCUT2D eigenvalue weighted by atomic mass is 16.5. The van der Waals surface area contributed by atoms with Crippen LogP contribution in [0.2, 0.25) is 0 Å². The van der Waals surface area contributed by atoms with E-state index in [1.807, 2.05) is 12.1 Å². The first-order valence-corrected chi connectivity index (χ1v) is 6.52. The van der Waals surface area contributed by atoms with Crippen molar-refractivity contribution in [3.05, 3.63) is 23.8 Å². The summed E-state index contributed by atoms with van der Waals surface area (Å²) < 4.78 is 5.35. The van der Waals surface area contributed by atoms with E-state index in [1.54, 1.807) is 0 Å². The molecule has 3 rings (SSSR count). The zero-order valence-corrected chi connectivity index (χ0v) is 10.5. The third-order valence-corrected chi connectivity index (χ3v) is 3.55. The smallest absolute Gasteiger partial charge is 0.262 e. The Balaban J connectivity index is 1.71. The predicted octanol–water partition coefficient (Wildman–Crippen LogP) is 2.08. The van der Waals surface area contributed by atoms with E-state index in [0.717, 1.165) is 23.9 Å². The molecule has 1 aromatic rings. The van der Waals surface area contributed by atoms with Gasteiger partial charge in [-0.25, -0.2) is 0 Å². The lowest BCUT2D eigenvalue weighted by atomic mass is 10.1. The minimum absolute atomic E-state index is 0.0850. The fourth-order valence-corrected chi connectivity index (χ4v) is 2.15. The van der Waals surface area contributed by atoms with E-state index in [0.29, 0.717) is 6.04 Å². The Kier molecular flexibility index (Phi) is 2.96. The molecule has 1 aliphatic carbocycles. The van der Waals surface area contributed by atoms with Crippen LogP contribution < -0.4 is 15.4 Å². The number of carbonyl (C=O) groups is 1. The standard InChI is InChI=1S/C14H18N2O2/c1-9(15-7-10-2-3-10)11-4-5-13-12(6-11)16-14(17)8-18-13/h4-6,9-10,15H,2-3,7-8H2,1H3,(H,16,17). The number of ether oxygens (including phenoxy) is 1. The van der Waals surface area contributed by atoms with Gasteiger partial charge in [-0.05, 0) is 49.9 Å². The zero-order valence-electron chi connectivity index (χ0n) is 10.5. The van der Waals surface area contributed by atoms with E-state index < -0.39 is 0 Å². The average Bonchev–Trinajstić information content (AvgIpc) is 3.19. The van der Waals surface area contributed by atoms with E-state index >= 15 is 0 Å². The molecule has 1 fully saturated rings. The molecule has 1 heterocycles. The monoisotopic (exact) mass is 246 g/mol. The molecule has 0 bridgehead atoms. The van der Waals surface area contributed by atoms with Crippen molar-refractivity contribution in [1.82, 2.24) is 5.32 Å². The van der Waals surface area contributed by atoms with Gasteiger partial charge in [0.15, 0.2) is 6.61 Å². The highest BCUT2D eigenvalue weighted by Gasteiger charge is 2.22. The van der Waals surface area contributed by atoms with Crippen molar-refractivity contribution >= 4 is 11.6 Å². The molecule has 1 unspecified atom stereocenters. The lowest BCUT2D eigenvalue weighted by Crippen LogP contribution is -2.26. The minimum atomic E-state index is -0.0850. The topological polar surface area (TPSA) is 50.4 Å². The van der Waals surface area contributed by atoms with Gasteiger partial charge in [0.1, 0.15) is 5.75 Å². The van der Waals surface area contributed by atoms with Crippen LogP contribution >= 0.6 is 0 Å². The summed E-state index contributed by atoms with van der Waals surface area (Å²) in [4.78, 5) is 11.3. The number of benzene rings is 1. The molecule has 0 radical (unpaired) electrons. The maximum atomic E-state index is 11.3. The van der Waals surface area contributed by atoms with Crippen molar-refractivity contribution in [2.24, 2.45) is 5.92 Å². The fourth-order valence-electron chi connectivity index (χ4n) is 2.15. The number of anilines is 1. The highest BCUT2D eigenvalue weighted by molar-refractivity contribution is 5.95. The largest absolute Gasteiger partial charge is 0.482 e. The van der Waals surface area contributed by atoms with Gasteiger partial charge < -0.3 is 15.4 Å². The molecule has 2 N–H and O–H groups in total. The molecule has 1 saturated carbocycles. The lowest BCUT2D eigenvalue weighted by Gasteiger charge is -2.21. The number of fused-ring (bicyclic) bond motifs is 1. The van der Waals surface area contributed by atoms with Crippen molar-refractivity contribution < 1.29 is 9.53 Å². The van der Waals surface area contributed by atoms with Crippen LogP contribution in [0.5, 0.6) is 5.75 Å². The summed E-state index contributed by atoms with van der Waals surface area (Å²) in [6, 6.07) is 6.28. The van der Waals surface area contributed by atoms with Crippen LogP contribution in [-0.4, -0.2) is 19.1 Å². The average molecular weight is 246 g/mol. The van der Waals surface area contributed by atoms with Crippen LogP contribution in [-0.2, 0) is 4.79 Å². The van der Waals surface area contributed by atoms with E-state index in [1.165, 1.54) is 18.4 Å². The quantitative estimate of drug-likeness (QED) is 0.855. The number of rotatable bonds is 4. The first kappa shape index (κ1) is 11.5. The van der Waals surface area contributed by atoms with Crippen molar-refractivity contribution in [3.8, 4) is 5.75 Å². The number of carbonyl (C=O) groups excluding carboxylic acids is 1. The molecular weight excluding hydrogens is 228 g/mol. The van der Waals surface area contributed by atoms with Crippen LogP contribution in [0.25, 0.3) is 0 Å². The Hall–Kier alpha value is -1.55. The van der Waals surface area contributed by atoms with Crippen molar-refractivity contribution in [2.45, 2.75) is 25.8 Å². The SMILES string of the molecule is CC(NCC1CC1)c1ccc2c(c1)NC(=O)CO2.